The van der Waals surface area contributed by atoms with Crippen LogP contribution in [0.15, 0.2) is 23.0 Å². The highest BCUT2D eigenvalue weighted by Crippen LogP contribution is 2.14. The molecule has 7 heteroatoms. The maximum absolute atomic E-state index is 11.1. The molecular weight excluding hydrogens is 240 g/mol. The first kappa shape index (κ1) is 11.3. The molecule has 0 saturated carbocycles. The fourth-order valence-corrected chi connectivity index (χ4v) is 1.69. The Labute approximate surface area is 101 Å². The van der Waals surface area contributed by atoms with Crippen molar-refractivity contribution >= 4 is 40.0 Å². The van der Waals surface area contributed by atoms with E-state index in [1.165, 1.54) is 6.92 Å². The number of H-pyrrole nitrogens is 2. The number of anilines is 1. The third-order valence-corrected chi connectivity index (χ3v) is 2.27. The molecule has 0 saturated heterocycles. The van der Waals surface area contributed by atoms with E-state index in [-0.39, 0.29) is 16.7 Å². The Morgan fingerprint density at radius 2 is 2.00 bits per heavy atom. The molecule has 0 aliphatic heterocycles. The number of hydrogen-bond acceptors (Lipinski definition) is 3. The van der Waals surface area contributed by atoms with Gasteiger partial charge in [-0.3, -0.25) is 4.79 Å². The fourth-order valence-electron chi connectivity index (χ4n) is 1.43. The smallest absolute Gasteiger partial charge is 0.323 e. The van der Waals surface area contributed by atoms with E-state index in [0.717, 1.165) is 0 Å². The van der Waals surface area contributed by atoms with Gasteiger partial charge < -0.3 is 20.6 Å². The highest BCUT2D eigenvalue weighted by Gasteiger charge is 2.02. The van der Waals surface area contributed by atoms with Gasteiger partial charge in [0.25, 0.3) is 0 Å². The molecule has 0 atom stereocenters. The Morgan fingerprint density at radius 3 is 2.71 bits per heavy atom. The van der Waals surface area contributed by atoms with Gasteiger partial charge in [0.15, 0.2) is 5.11 Å². The highest BCUT2D eigenvalue weighted by atomic mass is 32.1. The van der Waals surface area contributed by atoms with Crippen molar-refractivity contribution in [2.75, 3.05) is 5.32 Å². The van der Waals surface area contributed by atoms with Crippen LogP contribution in [0.2, 0.25) is 0 Å². The van der Waals surface area contributed by atoms with Gasteiger partial charge in [-0.05, 0) is 30.4 Å². The summed E-state index contributed by atoms with van der Waals surface area (Å²) in [6.45, 7) is 1.38. The number of carbonyl (C=O) groups is 1. The summed E-state index contributed by atoms with van der Waals surface area (Å²) in [6, 6.07) is 5.22. The minimum atomic E-state index is -0.262. The van der Waals surface area contributed by atoms with Crippen LogP contribution in [-0.2, 0) is 4.79 Å². The second-order valence-electron chi connectivity index (χ2n) is 3.47. The molecule has 1 aromatic heterocycles. The number of benzene rings is 1. The van der Waals surface area contributed by atoms with Crippen molar-refractivity contribution in [1.82, 2.24) is 15.3 Å². The SMILES string of the molecule is CC(=O)NC(=S)Nc1ccc2[nH]c(=O)[nH]c2c1. The average Bonchev–Trinajstić information content (AvgIpc) is 2.55. The molecule has 2 rings (SSSR count). The Balaban J connectivity index is 2.21. The van der Waals surface area contributed by atoms with Crippen molar-refractivity contribution in [3.63, 3.8) is 0 Å². The van der Waals surface area contributed by atoms with E-state index in [2.05, 4.69) is 20.6 Å². The molecule has 1 aromatic carbocycles. The van der Waals surface area contributed by atoms with Crippen LogP contribution in [0, 0.1) is 0 Å². The van der Waals surface area contributed by atoms with Crippen LogP contribution in [0.5, 0.6) is 0 Å². The summed E-state index contributed by atoms with van der Waals surface area (Å²) < 4.78 is 0. The zero-order valence-corrected chi connectivity index (χ0v) is 9.77. The van der Waals surface area contributed by atoms with Crippen molar-refractivity contribution in [2.45, 2.75) is 6.92 Å². The van der Waals surface area contributed by atoms with Crippen molar-refractivity contribution < 1.29 is 4.79 Å². The fraction of sp³-hybridized carbons (Fsp3) is 0.100. The first-order chi connectivity index (χ1) is 8.04. The van der Waals surface area contributed by atoms with Crippen LogP contribution in [-0.4, -0.2) is 21.0 Å². The standard InChI is InChI=1S/C10H10N4O2S/c1-5(15)11-10(17)12-6-2-3-7-8(4-6)14-9(16)13-7/h2-4H,1H3,(H2,13,14,16)(H2,11,12,15,17). The molecule has 1 amide bonds. The van der Waals surface area contributed by atoms with E-state index in [4.69, 9.17) is 12.2 Å². The van der Waals surface area contributed by atoms with Gasteiger partial charge >= 0.3 is 5.69 Å². The van der Waals surface area contributed by atoms with Crippen molar-refractivity contribution in [2.24, 2.45) is 0 Å². The Kier molecular flexibility index (Phi) is 2.92. The normalized spacial score (nSPS) is 10.2. The predicted molar refractivity (Wildman–Crippen MR) is 69.0 cm³/mol. The molecule has 88 valence electrons. The topological polar surface area (TPSA) is 89.8 Å². The zero-order chi connectivity index (χ0) is 12.4. The highest BCUT2D eigenvalue weighted by molar-refractivity contribution is 7.80. The largest absolute Gasteiger partial charge is 0.332 e. The summed E-state index contributed by atoms with van der Waals surface area (Å²) in [5.41, 5.74) is 1.81. The third-order valence-electron chi connectivity index (χ3n) is 2.06. The number of aromatic amines is 2. The number of hydrogen-bond donors (Lipinski definition) is 4. The lowest BCUT2D eigenvalue weighted by Gasteiger charge is -2.07. The molecule has 0 unspecified atom stereocenters. The molecule has 4 N–H and O–H groups in total. The molecule has 17 heavy (non-hydrogen) atoms. The summed E-state index contributed by atoms with van der Waals surface area (Å²) in [4.78, 5) is 27.1. The van der Waals surface area contributed by atoms with Crippen LogP contribution < -0.4 is 16.3 Å². The molecule has 0 bridgehead atoms. The van der Waals surface area contributed by atoms with Gasteiger partial charge in [-0.2, -0.15) is 0 Å². The lowest BCUT2D eigenvalue weighted by Crippen LogP contribution is -2.32. The maximum atomic E-state index is 11.1. The van der Waals surface area contributed by atoms with Gasteiger partial charge in [0.2, 0.25) is 5.91 Å². The van der Waals surface area contributed by atoms with Crippen molar-refractivity contribution in [3.05, 3.63) is 28.7 Å². The van der Waals surface area contributed by atoms with Crippen LogP contribution in [0.4, 0.5) is 5.69 Å². The zero-order valence-electron chi connectivity index (χ0n) is 8.96. The lowest BCUT2D eigenvalue weighted by atomic mass is 10.3. The Hall–Kier alpha value is -2.15. The van der Waals surface area contributed by atoms with Crippen molar-refractivity contribution in [3.8, 4) is 0 Å². The number of rotatable bonds is 1. The van der Waals surface area contributed by atoms with Crippen LogP contribution >= 0.6 is 12.2 Å². The number of carbonyl (C=O) groups excluding carboxylic acids is 1. The van der Waals surface area contributed by atoms with Gasteiger partial charge in [-0.15, -0.1) is 0 Å². The first-order valence-corrected chi connectivity index (χ1v) is 5.26. The number of fused-ring (bicyclic) bond motifs is 1. The van der Waals surface area contributed by atoms with Crippen LogP contribution in [0.3, 0.4) is 0 Å². The molecular formula is C10H10N4O2S. The first-order valence-electron chi connectivity index (χ1n) is 4.85. The van der Waals surface area contributed by atoms with E-state index in [1.54, 1.807) is 18.2 Å². The van der Waals surface area contributed by atoms with Crippen LogP contribution in [0.25, 0.3) is 11.0 Å². The minimum Gasteiger partial charge on any atom is -0.332 e. The molecule has 0 spiro atoms. The van der Waals surface area contributed by atoms with Gasteiger partial charge in [0.1, 0.15) is 0 Å². The summed E-state index contributed by atoms with van der Waals surface area (Å²) in [7, 11) is 0. The van der Waals surface area contributed by atoms with Gasteiger partial charge in [-0.1, -0.05) is 0 Å². The minimum absolute atomic E-state index is 0.217. The predicted octanol–water partition coefficient (Wildman–Crippen LogP) is 0.689. The number of amides is 1. The number of thiocarbonyl (C=S) groups is 1. The Bertz CT molecular complexity index is 643. The number of imidazole rings is 1. The number of nitrogens with one attached hydrogen (secondary N) is 4. The monoisotopic (exact) mass is 250 g/mol. The maximum Gasteiger partial charge on any atom is 0.323 e. The molecule has 6 nitrogen and oxygen atoms in total. The molecule has 0 aliphatic rings. The van der Waals surface area contributed by atoms with Crippen LogP contribution in [0.1, 0.15) is 6.92 Å². The number of aromatic nitrogens is 2. The van der Waals surface area contributed by atoms with Gasteiger partial charge in [0.05, 0.1) is 11.0 Å². The summed E-state index contributed by atoms with van der Waals surface area (Å²) >= 11 is 4.92. The second kappa shape index (κ2) is 4.38. The van der Waals surface area contributed by atoms with Crippen molar-refractivity contribution in [1.29, 1.82) is 0 Å². The summed E-state index contributed by atoms with van der Waals surface area (Å²) in [6.07, 6.45) is 0. The van der Waals surface area contributed by atoms with E-state index in [1.807, 2.05) is 0 Å². The Morgan fingerprint density at radius 1 is 1.29 bits per heavy atom. The molecule has 1 heterocycles. The molecule has 0 radical (unpaired) electrons. The van der Waals surface area contributed by atoms with Gasteiger partial charge in [-0.25, -0.2) is 4.79 Å². The summed E-state index contributed by atoms with van der Waals surface area (Å²) in [5.74, 6) is -0.237. The second-order valence-corrected chi connectivity index (χ2v) is 3.88. The lowest BCUT2D eigenvalue weighted by molar-refractivity contribution is -0.117. The van der Waals surface area contributed by atoms with E-state index < -0.39 is 0 Å². The molecule has 0 aliphatic carbocycles. The molecule has 0 fully saturated rings. The quantitative estimate of drug-likeness (QED) is 0.560. The average molecular weight is 250 g/mol. The van der Waals surface area contributed by atoms with E-state index in [0.29, 0.717) is 16.7 Å². The van der Waals surface area contributed by atoms with Gasteiger partial charge in [0, 0.05) is 12.6 Å². The summed E-state index contributed by atoms with van der Waals surface area (Å²) in [5, 5.41) is 5.50. The molecule has 2 aromatic rings. The van der Waals surface area contributed by atoms with E-state index >= 15 is 0 Å². The third kappa shape index (κ3) is 2.70. The van der Waals surface area contributed by atoms with E-state index in [9.17, 15) is 9.59 Å².